The first-order chi connectivity index (χ1) is 8.97. The highest BCUT2D eigenvalue weighted by Crippen LogP contribution is 2.18. The molecule has 0 spiro atoms. The molecule has 19 heavy (non-hydrogen) atoms. The predicted octanol–water partition coefficient (Wildman–Crippen LogP) is 1.59. The van der Waals surface area contributed by atoms with Gasteiger partial charge < -0.3 is 10.6 Å². The van der Waals surface area contributed by atoms with E-state index in [1.165, 1.54) is 6.07 Å². The Kier molecular flexibility index (Phi) is 4.79. The van der Waals surface area contributed by atoms with Crippen molar-refractivity contribution in [3.05, 3.63) is 34.6 Å². The molecule has 1 heterocycles. The average molecular weight is 286 g/mol. The van der Waals surface area contributed by atoms with Crippen LogP contribution in [0.3, 0.4) is 0 Å². The molecule has 2 rings (SSSR count). The van der Waals surface area contributed by atoms with Gasteiger partial charge in [-0.25, -0.2) is 4.39 Å². The van der Waals surface area contributed by atoms with Crippen LogP contribution in [0.5, 0.6) is 0 Å². The summed E-state index contributed by atoms with van der Waals surface area (Å²) in [5, 5.41) is 0.159. The third kappa shape index (κ3) is 3.66. The molecule has 3 nitrogen and oxygen atoms in total. The lowest BCUT2D eigenvalue weighted by Gasteiger charge is -2.40. The molecule has 2 atom stereocenters. The van der Waals surface area contributed by atoms with Crippen LogP contribution in [0.1, 0.15) is 5.56 Å². The van der Waals surface area contributed by atoms with Gasteiger partial charge in [0.25, 0.3) is 0 Å². The molecular formula is C14H21ClFN3. The Morgan fingerprint density at radius 2 is 2.16 bits per heavy atom. The maximum atomic E-state index is 13.4. The van der Waals surface area contributed by atoms with Crippen molar-refractivity contribution in [3.8, 4) is 0 Å². The summed E-state index contributed by atoms with van der Waals surface area (Å²) >= 11 is 5.69. The average Bonchev–Trinajstić information content (AvgIpc) is 2.36. The lowest BCUT2D eigenvalue weighted by atomic mass is 9.97. The Morgan fingerprint density at radius 1 is 1.42 bits per heavy atom. The van der Waals surface area contributed by atoms with Crippen LogP contribution in [0, 0.1) is 5.82 Å². The minimum Gasteiger partial charge on any atom is -0.326 e. The number of likely N-dealkylation sites (N-methyl/N-ethyl adjacent to an activating group) is 2. The highest BCUT2D eigenvalue weighted by molar-refractivity contribution is 6.30. The second kappa shape index (κ2) is 6.18. The molecule has 0 aromatic heterocycles. The maximum Gasteiger partial charge on any atom is 0.142 e. The van der Waals surface area contributed by atoms with E-state index in [1.54, 1.807) is 6.07 Å². The number of hydrogen-bond donors (Lipinski definition) is 1. The minimum atomic E-state index is -0.375. The van der Waals surface area contributed by atoms with Crippen LogP contribution in [0.4, 0.5) is 4.39 Å². The SMILES string of the molecule is CN1CCN(C)C(C(N)Cc2ccc(Cl)c(F)c2)C1. The number of hydrogen-bond acceptors (Lipinski definition) is 3. The van der Waals surface area contributed by atoms with Crippen LogP contribution in [-0.2, 0) is 6.42 Å². The molecule has 1 saturated heterocycles. The summed E-state index contributed by atoms with van der Waals surface area (Å²) in [4.78, 5) is 4.57. The monoisotopic (exact) mass is 285 g/mol. The largest absolute Gasteiger partial charge is 0.326 e. The van der Waals surface area contributed by atoms with Crippen molar-refractivity contribution < 1.29 is 4.39 Å². The minimum absolute atomic E-state index is 0.00618. The van der Waals surface area contributed by atoms with Crippen molar-refractivity contribution in [3.63, 3.8) is 0 Å². The Labute approximate surface area is 119 Å². The third-order valence-electron chi connectivity index (χ3n) is 3.85. The normalized spacial score (nSPS) is 23.5. The summed E-state index contributed by atoms with van der Waals surface area (Å²) in [5.41, 5.74) is 7.20. The van der Waals surface area contributed by atoms with Crippen molar-refractivity contribution in [2.75, 3.05) is 33.7 Å². The molecule has 5 heteroatoms. The van der Waals surface area contributed by atoms with Crippen molar-refractivity contribution in [2.24, 2.45) is 5.73 Å². The van der Waals surface area contributed by atoms with Gasteiger partial charge in [-0.15, -0.1) is 0 Å². The Hall–Kier alpha value is -0.680. The molecular weight excluding hydrogens is 265 g/mol. The second-order valence-corrected chi connectivity index (χ2v) is 5.83. The summed E-state index contributed by atoms with van der Waals surface area (Å²) in [7, 11) is 4.20. The lowest BCUT2D eigenvalue weighted by molar-refractivity contribution is 0.0973. The first kappa shape index (κ1) is 14.7. The van der Waals surface area contributed by atoms with Gasteiger partial charge in [0.1, 0.15) is 5.82 Å². The van der Waals surface area contributed by atoms with E-state index in [0.717, 1.165) is 25.2 Å². The van der Waals surface area contributed by atoms with Crippen LogP contribution >= 0.6 is 11.6 Å². The number of piperazine rings is 1. The molecule has 2 N–H and O–H groups in total. The zero-order valence-electron chi connectivity index (χ0n) is 11.4. The van der Waals surface area contributed by atoms with E-state index in [9.17, 15) is 4.39 Å². The number of halogens is 2. The first-order valence-electron chi connectivity index (χ1n) is 6.55. The number of nitrogens with zero attached hydrogens (tertiary/aromatic N) is 2. The molecule has 1 aromatic rings. The smallest absolute Gasteiger partial charge is 0.142 e. The van der Waals surface area contributed by atoms with Crippen LogP contribution in [-0.4, -0.2) is 55.6 Å². The van der Waals surface area contributed by atoms with E-state index < -0.39 is 0 Å². The van der Waals surface area contributed by atoms with Gasteiger partial charge in [0.05, 0.1) is 5.02 Å². The van der Waals surface area contributed by atoms with E-state index in [4.69, 9.17) is 17.3 Å². The highest BCUT2D eigenvalue weighted by Gasteiger charge is 2.27. The number of benzene rings is 1. The summed E-state index contributed by atoms with van der Waals surface area (Å²) in [6, 6.07) is 5.22. The first-order valence-corrected chi connectivity index (χ1v) is 6.93. The quantitative estimate of drug-likeness (QED) is 0.916. The number of rotatable bonds is 3. The lowest BCUT2D eigenvalue weighted by Crippen LogP contribution is -2.58. The van der Waals surface area contributed by atoms with Gasteiger partial charge in [0, 0.05) is 31.7 Å². The molecule has 1 aliphatic heterocycles. The van der Waals surface area contributed by atoms with Crippen LogP contribution in [0.15, 0.2) is 18.2 Å². The Morgan fingerprint density at radius 3 is 2.84 bits per heavy atom. The fraction of sp³-hybridized carbons (Fsp3) is 0.571. The van der Waals surface area contributed by atoms with E-state index >= 15 is 0 Å². The van der Waals surface area contributed by atoms with Gasteiger partial charge in [-0.3, -0.25) is 4.90 Å². The van der Waals surface area contributed by atoms with E-state index in [-0.39, 0.29) is 16.9 Å². The van der Waals surface area contributed by atoms with Crippen molar-refractivity contribution in [2.45, 2.75) is 18.5 Å². The zero-order valence-corrected chi connectivity index (χ0v) is 12.2. The van der Waals surface area contributed by atoms with Gasteiger partial charge in [-0.1, -0.05) is 17.7 Å². The molecule has 1 fully saturated rings. The van der Waals surface area contributed by atoms with E-state index in [1.807, 2.05) is 6.07 Å². The zero-order chi connectivity index (χ0) is 14.0. The molecule has 0 radical (unpaired) electrons. The van der Waals surface area contributed by atoms with Gasteiger partial charge >= 0.3 is 0 Å². The van der Waals surface area contributed by atoms with Gasteiger partial charge in [-0.05, 0) is 38.2 Å². The predicted molar refractivity (Wildman–Crippen MR) is 77.0 cm³/mol. The molecule has 0 amide bonds. The van der Waals surface area contributed by atoms with E-state index in [0.29, 0.717) is 12.5 Å². The Bertz CT molecular complexity index is 441. The van der Waals surface area contributed by atoms with E-state index in [2.05, 4.69) is 23.9 Å². The third-order valence-corrected chi connectivity index (χ3v) is 4.16. The van der Waals surface area contributed by atoms with Crippen molar-refractivity contribution >= 4 is 11.6 Å². The molecule has 0 aliphatic carbocycles. The highest BCUT2D eigenvalue weighted by atomic mass is 35.5. The fourth-order valence-electron chi connectivity index (χ4n) is 2.58. The Balaban J connectivity index is 2.03. The van der Waals surface area contributed by atoms with Gasteiger partial charge in [0.15, 0.2) is 0 Å². The van der Waals surface area contributed by atoms with Gasteiger partial charge in [-0.2, -0.15) is 0 Å². The van der Waals surface area contributed by atoms with Crippen LogP contribution < -0.4 is 5.73 Å². The van der Waals surface area contributed by atoms with Crippen LogP contribution in [0.2, 0.25) is 5.02 Å². The van der Waals surface area contributed by atoms with Crippen LogP contribution in [0.25, 0.3) is 0 Å². The number of nitrogens with two attached hydrogens (primary N) is 1. The second-order valence-electron chi connectivity index (χ2n) is 5.43. The summed E-state index contributed by atoms with van der Waals surface area (Å²) in [6.07, 6.45) is 0.664. The van der Waals surface area contributed by atoms with Crippen molar-refractivity contribution in [1.82, 2.24) is 9.80 Å². The molecule has 2 unspecified atom stereocenters. The molecule has 1 aliphatic rings. The summed E-state index contributed by atoms with van der Waals surface area (Å²) < 4.78 is 13.4. The maximum absolute atomic E-state index is 13.4. The summed E-state index contributed by atoms with van der Waals surface area (Å²) in [6.45, 7) is 3.03. The fourth-order valence-corrected chi connectivity index (χ4v) is 2.70. The van der Waals surface area contributed by atoms with Gasteiger partial charge in [0.2, 0.25) is 0 Å². The molecule has 106 valence electrons. The molecule has 1 aromatic carbocycles. The molecule has 0 saturated carbocycles. The topological polar surface area (TPSA) is 32.5 Å². The molecule has 0 bridgehead atoms. The van der Waals surface area contributed by atoms with Crippen molar-refractivity contribution in [1.29, 1.82) is 0 Å². The summed E-state index contributed by atoms with van der Waals surface area (Å²) in [5.74, 6) is -0.375. The standard InChI is InChI=1S/C14H21ClFN3/c1-18-5-6-19(2)14(9-18)13(17)8-10-3-4-11(15)12(16)7-10/h3-4,7,13-14H,5-6,8-9,17H2,1-2H3.